The topological polar surface area (TPSA) is 36.4 Å². The molecule has 0 radical (unpaired) electrons. The van der Waals surface area contributed by atoms with Crippen LogP contribution in [0.4, 0.5) is 18.9 Å². The molecule has 0 aromatic carbocycles. The van der Waals surface area contributed by atoms with Crippen LogP contribution < -0.4 is 4.90 Å². The van der Waals surface area contributed by atoms with Gasteiger partial charge in [-0.05, 0) is 6.07 Å². The molecule has 0 bridgehead atoms. The minimum Gasteiger partial charge on any atom is -0.395 e. The summed E-state index contributed by atoms with van der Waals surface area (Å²) in [7, 11) is 1.60. The van der Waals surface area contributed by atoms with Crippen molar-refractivity contribution in [1.82, 2.24) is 4.98 Å². The fourth-order valence-corrected chi connectivity index (χ4v) is 1.43. The van der Waals surface area contributed by atoms with Crippen molar-refractivity contribution in [2.75, 3.05) is 25.1 Å². The Kier molecular flexibility index (Phi) is 3.98. The number of aliphatic hydroxyl groups excluding tert-OH is 1. The predicted octanol–water partition coefficient (Wildman–Crippen LogP) is 2.18. The molecule has 1 aromatic heterocycles. The van der Waals surface area contributed by atoms with Gasteiger partial charge in [0, 0.05) is 13.6 Å². The van der Waals surface area contributed by atoms with Crippen molar-refractivity contribution in [1.29, 1.82) is 0 Å². The number of rotatable bonds is 3. The molecule has 90 valence electrons. The number of pyridine rings is 1. The normalized spacial score (nSPS) is 11.6. The Bertz CT molecular complexity index is 370. The molecule has 0 unspecified atom stereocenters. The lowest BCUT2D eigenvalue weighted by molar-refractivity contribution is -0.141. The number of halogens is 4. The minimum absolute atomic E-state index is 0.0433. The Morgan fingerprint density at radius 1 is 1.50 bits per heavy atom. The summed E-state index contributed by atoms with van der Waals surface area (Å²) in [6, 6.07) is 0.769. The highest BCUT2D eigenvalue weighted by Gasteiger charge is 2.33. The molecule has 1 heterocycles. The maximum absolute atomic E-state index is 12.3. The van der Waals surface area contributed by atoms with Crippen LogP contribution in [0.25, 0.3) is 0 Å². The Balaban J connectivity index is 3.00. The molecule has 1 N–H and O–H groups in total. The van der Waals surface area contributed by atoms with E-state index in [1.54, 1.807) is 7.05 Å². The van der Waals surface area contributed by atoms with Crippen molar-refractivity contribution in [2.24, 2.45) is 0 Å². The van der Waals surface area contributed by atoms with Crippen LogP contribution in [0.2, 0.25) is 5.02 Å². The molecule has 0 saturated heterocycles. The monoisotopic (exact) mass is 254 g/mol. The average molecular weight is 255 g/mol. The minimum atomic E-state index is -4.50. The third-order valence-electron chi connectivity index (χ3n) is 1.97. The molecule has 0 amide bonds. The van der Waals surface area contributed by atoms with Crippen molar-refractivity contribution in [2.45, 2.75) is 6.18 Å². The Morgan fingerprint density at radius 3 is 2.56 bits per heavy atom. The highest BCUT2D eigenvalue weighted by Crippen LogP contribution is 2.32. The number of aromatic nitrogens is 1. The van der Waals surface area contributed by atoms with Crippen LogP contribution in [-0.4, -0.2) is 30.3 Å². The molecule has 7 heteroatoms. The molecule has 0 atom stereocenters. The van der Waals surface area contributed by atoms with E-state index in [0.29, 0.717) is 5.69 Å². The van der Waals surface area contributed by atoms with Crippen molar-refractivity contribution >= 4 is 17.3 Å². The second-order valence-electron chi connectivity index (χ2n) is 3.16. The van der Waals surface area contributed by atoms with Gasteiger partial charge in [0.15, 0.2) is 0 Å². The van der Waals surface area contributed by atoms with Gasteiger partial charge in [-0.3, -0.25) is 0 Å². The molecule has 16 heavy (non-hydrogen) atoms. The van der Waals surface area contributed by atoms with Crippen LogP contribution in [0.3, 0.4) is 0 Å². The predicted molar refractivity (Wildman–Crippen MR) is 54.6 cm³/mol. The number of hydrogen-bond donors (Lipinski definition) is 1. The Morgan fingerprint density at radius 2 is 2.12 bits per heavy atom. The lowest BCUT2D eigenvalue weighted by Crippen LogP contribution is -2.22. The number of hydrogen-bond acceptors (Lipinski definition) is 3. The summed E-state index contributed by atoms with van der Waals surface area (Å²) >= 11 is 5.70. The molecule has 0 aliphatic rings. The maximum Gasteiger partial charge on any atom is 0.433 e. The third-order valence-corrected chi connectivity index (χ3v) is 2.27. The van der Waals surface area contributed by atoms with E-state index >= 15 is 0 Å². The van der Waals surface area contributed by atoms with Crippen molar-refractivity contribution in [3.05, 3.63) is 23.0 Å². The number of alkyl halides is 3. The summed E-state index contributed by atoms with van der Waals surface area (Å²) in [4.78, 5) is 4.80. The molecule has 0 aliphatic heterocycles. The standard InChI is InChI=1S/C9H10ClF3N2O/c1-15(2-3-16)7-5-14-8(4-6(7)10)9(11,12)13/h4-5,16H,2-3H2,1H3. The summed E-state index contributed by atoms with van der Waals surface area (Å²) in [6.45, 7) is 0.153. The molecule has 0 spiro atoms. The maximum atomic E-state index is 12.3. The third kappa shape index (κ3) is 2.99. The van der Waals surface area contributed by atoms with Crippen molar-refractivity contribution in [3.8, 4) is 0 Å². The average Bonchev–Trinajstić information content (AvgIpc) is 2.16. The van der Waals surface area contributed by atoms with Crippen LogP contribution in [0.1, 0.15) is 5.69 Å². The van der Waals surface area contributed by atoms with Crippen LogP contribution in [0.5, 0.6) is 0 Å². The number of anilines is 1. The summed E-state index contributed by atoms with van der Waals surface area (Å²) in [5.41, 5.74) is -0.678. The van der Waals surface area contributed by atoms with Crippen LogP contribution in [-0.2, 0) is 6.18 Å². The summed E-state index contributed by atoms with van der Waals surface area (Å²) < 4.78 is 36.8. The second kappa shape index (κ2) is 4.88. The summed E-state index contributed by atoms with van der Waals surface area (Å²) in [5, 5.41) is 8.64. The fourth-order valence-electron chi connectivity index (χ4n) is 1.13. The first-order valence-electron chi connectivity index (χ1n) is 4.41. The van der Waals surface area contributed by atoms with Crippen LogP contribution in [0, 0.1) is 0 Å². The van der Waals surface area contributed by atoms with Gasteiger partial charge in [-0.15, -0.1) is 0 Å². The van der Waals surface area contributed by atoms with Crippen LogP contribution in [0.15, 0.2) is 12.3 Å². The highest BCUT2D eigenvalue weighted by atomic mass is 35.5. The van der Waals surface area contributed by atoms with Crippen LogP contribution >= 0.6 is 11.6 Å². The smallest absolute Gasteiger partial charge is 0.395 e. The van der Waals surface area contributed by atoms with E-state index in [1.165, 1.54) is 4.90 Å². The number of likely N-dealkylation sites (N-methyl/N-ethyl adjacent to an activating group) is 1. The quantitative estimate of drug-likeness (QED) is 0.898. The Labute approximate surface area is 95.5 Å². The van der Waals surface area contributed by atoms with E-state index in [1.807, 2.05) is 0 Å². The van der Waals surface area contributed by atoms with Gasteiger partial charge in [-0.2, -0.15) is 13.2 Å². The molecule has 1 aromatic rings. The van der Waals surface area contributed by atoms with Gasteiger partial charge >= 0.3 is 6.18 Å². The van der Waals surface area contributed by atoms with E-state index in [0.717, 1.165) is 12.3 Å². The first-order chi connectivity index (χ1) is 7.36. The zero-order valence-electron chi connectivity index (χ0n) is 8.42. The first kappa shape index (κ1) is 13.1. The highest BCUT2D eigenvalue weighted by molar-refractivity contribution is 6.33. The molecular weight excluding hydrogens is 245 g/mol. The molecule has 0 fully saturated rings. The zero-order chi connectivity index (χ0) is 12.3. The van der Waals surface area contributed by atoms with E-state index in [2.05, 4.69) is 4.98 Å². The first-order valence-corrected chi connectivity index (χ1v) is 4.79. The molecule has 1 rings (SSSR count). The van der Waals surface area contributed by atoms with Gasteiger partial charge in [0.05, 0.1) is 23.5 Å². The number of aliphatic hydroxyl groups is 1. The molecule has 0 aliphatic carbocycles. The largest absolute Gasteiger partial charge is 0.433 e. The summed E-state index contributed by atoms with van der Waals surface area (Å²) in [6.07, 6.45) is -3.46. The lowest BCUT2D eigenvalue weighted by atomic mass is 10.3. The number of nitrogens with zero attached hydrogens (tertiary/aromatic N) is 2. The Hall–Kier alpha value is -1.01. The fraction of sp³-hybridized carbons (Fsp3) is 0.444. The van der Waals surface area contributed by atoms with Crippen molar-refractivity contribution < 1.29 is 18.3 Å². The SMILES string of the molecule is CN(CCO)c1cnc(C(F)(F)F)cc1Cl. The molecular formula is C9H10ClF3N2O. The van der Waals surface area contributed by atoms with E-state index in [-0.39, 0.29) is 18.2 Å². The van der Waals surface area contributed by atoms with Gasteiger partial charge in [-0.25, -0.2) is 4.98 Å². The van der Waals surface area contributed by atoms with Gasteiger partial charge in [0.1, 0.15) is 5.69 Å². The van der Waals surface area contributed by atoms with Gasteiger partial charge in [0.2, 0.25) is 0 Å². The van der Waals surface area contributed by atoms with Gasteiger partial charge in [-0.1, -0.05) is 11.6 Å². The molecule has 0 saturated carbocycles. The van der Waals surface area contributed by atoms with E-state index in [4.69, 9.17) is 16.7 Å². The molecule has 3 nitrogen and oxygen atoms in total. The summed E-state index contributed by atoms with van der Waals surface area (Å²) in [5.74, 6) is 0. The van der Waals surface area contributed by atoms with Gasteiger partial charge < -0.3 is 10.0 Å². The van der Waals surface area contributed by atoms with Crippen molar-refractivity contribution in [3.63, 3.8) is 0 Å². The van der Waals surface area contributed by atoms with E-state index < -0.39 is 11.9 Å². The lowest BCUT2D eigenvalue weighted by Gasteiger charge is -2.19. The zero-order valence-corrected chi connectivity index (χ0v) is 9.18. The van der Waals surface area contributed by atoms with E-state index in [9.17, 15) is 13.2 Å². The second-order valence-corrected chi connectivity index (χ2v) is 3.57. The van der Waals surface area contributed by atoms with Gasteiger partial charge in [0.25, 0.3) is 0 Å².